The van der Waals surface area contributed by atoms with Crippen LogP contribution in [-0.2, 0) is 16.6 Å². The second-order valence-corrected chi connectivity index (χ2v) is 7.27. The number of hydrogen-bond donors (Lipinski definition) is 4. The van der Waals surface area contributed by atoms with Gasteiger partial charge in [-0.05, 0) is 61.2 Å². The predicted octanol–water partition coefficient (Wildman–Crippen LogP) is 2.52. The van der Waals surface area contributed by atoms with Crippen LogP contribution in [-0.4, -0.2) is 28.2 Å². The molecule has 1 aliphatic carbocycles. The van der Waals surface area contributed by atoms with Gasteiger partial charge < -0.3 is 20.9 Å². The summed E-state index contributed by atoms with van der Waals surface area (Å²) < 4.78 is 0. The minimum atomic E-state index is -1.35. The van der Waals surface area contributed by atoms with Crippen molar-refractivity contribution in [2.24, 2.45) is 11.7 Å². The van der Waals surface area contributed by atoms with Crippen LogP contribution >= 0.6 is 11.6 Å². The van der Waals surface area contributed by atoms with Crippen molar-refractivity contribution in [3.8, 4) is 0 Å². The van der Waals surface area contributed by atoms with Crippen LogP contribution in [0, 0.1) is 5.92 Å². The molecule has 1 aromatic rings. The Hall–Kier alpha value is -1.08. The molecule has 0 saturated heterocycles. The number of carboxylic acids is 1. The largest absolute Gasteiger partial charge is 0.481 e. The number of aliphatic carboxylic acids is 1. The first-order valence-corrected chi connectivity index (χ1v) is 8.77. The second-order valence-electron chi connectivity index (χ2n) is 6.87. The molecule has 5 N–H and O–H groups in total. The quantitative estimate of drug-likeness (QED) is 0.564. The highest BCUT2D eigenvalue weighted by molar-refractivity contribution is 6.40. The fraction of sp³-hybridized carbons (Fsp3) is 0.588. The van der Waals surface area contributed by atoms with Crippen molar-refractivity contribution in [1.29, 1.82) is 0 Å². The Morgan fingerprint density at radius 2 is 2.17 bits per heavy atom. The molecule has 0 saturated carbocycles. The van der Waals surface area contributed by atoms with Crippen LogP contribution in [0.5, 0.6) is 0 Å². The SMILES string of the molecule is CC[C@@H](N)c1cc2c(cc1Cl)C[C@H](CCCB(O)O)[C@]2(C)C(=O)O. The lowest BCUT2D eigenvalue weighted by Gasteiger charge is -2.29. The van der Waals surface area contributed by atoms with Crippen LogP contribution in [0.25, 0.3) is 0 Å². The lowest BCUT2D eigenvalue weighted by Crippen LogP contribution is -2.37. The summed E-state index contributed by atoms with van der Waals surface area (Å²) in [5.74, 6) is -0.970. The Labute approximate surface area is 148 Å². The maximum atomic E-state index is 12.1. The summed E-state index contributed by atoms with van der Waals surface area (Å²) >= 11 is 6.35. The van der Waals surface area contributed by atoms with E-state index in [1.54, 1.807) is 6.92 Å². The Bertz CT molecular complexity index is 625. The Morgan fingerprint density at radius 1 is 1.50 bits per heavy atom. The van der Waals surface area contributed by atoms with Crippen LogP contribution in [0.4, 0.5) is 0 Å². The minimum absolute atomic E-state index is 0.104. The molecule has 0 fully saturated rings. The molecule has 0 aromatic heterocycles. The van der Waals surface area contributed by atoms with Crippen LogP contribution in [0.1, 0.15) is 55.8 Å². The summed E-state index contributed by atoms with van der Waals surface area (Å²) in [6, 6.07) is 3.49. The molecule has 0 bridgehead atoms. The van der Waals surface area contributed by atoms with Crippen LogP contribution in [0.3, 0.4) is 0 Å². The van der Waals surface area contributed by atoms with Gasteiger partial charge in [0.2, 0.25) is 0 Å². The molecule has 1 aromatic carbocycles. The number of carbonyl (C=O) groups is 1. The lowest BCUT2D eigenvalue weighted by molar-refractivity contribution is -0.145. The van der Waals surface area contributed by atoms with Crippen LogP contribution < -0.4 is 5.73 Å². The summed E-state index contributed by atoms with van der Waals surface area (Å²) in [6.07, 6.45) is 2.77. The summed E-state index contributed by atoms with van der Waals surface area (Å²) in [4.78, 5) is 12.1. The van der Waals surface area contributed by atoms with Crippen molar-refractivity contribution in [2.45, 2.75) is 57.3 Å². The van der Waals surface area contributed by atoms with E-state index in [2.05, 4.69) is 0 Å². The summed E-state index contributed by atoms with van der Waals surface area (Å²) in [7, 11) is -1.35. The maximum Gasteiger partial charge on any atom is 0.451 e. The molecule has 5 nitrogen and oxygen atoms in total. The smallest absolute Gasteiger partial charge is 0.451 e. The number of nitrogens with two attached hydrogens (primary N) is 1. The van der Waals surface area contributed by atoms with Gasteiger partial charge in [-0.2, -0.15) is 0 Å². The molecule has 132 valence electrons. The first-order valence-electron chi connectivity index (χ1n) is 8.39. The van der Waals surface area contributed by atoms with Crippen molar-refractivity contribution < 1.29 is 19.9 Å². The minimum Gasteiger partial charge on any atom is -0.481 e. The van der Waals surface area contributed by atoms with Gasteiger partial charge in [-0.25, -0.2) is 0 Å². The highest BCUT2D eigenvalue weighted by Crippen LogP contribution is 2.47. The molecule has 0 radical (unpaired) electrons. The van der Waals surface area contributed by atoms with Crippen molar-refractivity contribution in [3.63, 3.8) is 0 Å². The third-order valence-electron chi connectivity index (χ3n) is 5.36. The van der Waals surface area contributed by atoms with E-state index >= 15 is 0 Å². The molecule has 0 unspecified atom stereocenters. The third kappa shape index (κ3) is 3.47. The fourth-order valence-corrected chi connectivity index (χ4v) is 4.03. The molecule has 0 heterocycles. The van der Waals surface area contributed by atoms with Crippen molar-refractivity contribution in [3.05, 3.63) is 33.8 Å². The molecule has 7 heteroatoms. The van der Waals surface area contributed by atoms with Gasteiger partial charge in [0.25, 0.3) is 0 Å². The molecule has 24 heavy (non-hydrogen) atoms. The van der Waals surface area contributed by atoms with Gasteiger partial charge >= 0.3 is 13.1 Å². The van der Waals surface area contributed by atoms with Gasteiger partial charge in [0.05, 0.1) is 5.41 Å². The molecule has 0 aliphatic heterocycles. The third-order valence-corrected chi connectivity index (χ3v) is 5.69. The van der Waals surface area contributed by atoms with Crippen molar-refractivity contribution in [2.75, 3.05) is 0 Å². The van der Waals surface area contributed by atoms with E-state index in [9.17, 15) is 9.90 Å². The molecule has 0 spiro atoms. The van der Waals surface area contributed by atoms with E-state index in [4.69, 9.17) is 27.4 Å². The monoisotopic (exact) mass is 353 g/mol. The number of halogens is 1. The molecule has 0 amide bonds. The highest BCUT2D eigenvalue weighted by Gasteiger charge is 2.49. The second kappa shape index (κ2) is 7.44. The number of rotatable bonds is 7. The van der Waals surface area contributed by atoms with Crippen LogP contribution in [0.15, 0.2) is 12.1 Å². The molecule has 2 rings (SSSR count). The average Bonchev–Trinajstić information content (AvgIpc) is 2.78. The predicted molar refractivity (Wildman–Crippen MR) is 95.1 cm³/mol. The zero-order valence-electron chi connectivity index (χ0n) is 14.1. The van der Waals surface area contributed by atoms with Gasteiger partial charge in [0.15, 0.2) is 0 Å². The van der Waals surface area contributed by atoms with Gasteiger partial charge in [-0.1, -0.05) is 31.0 Å². The van der Waals surface area contributed by atoms with E-state index in [1.807, 2.05) is 19.1 Å². The molecular formula is C17H25BClNO4. The van der Waals surface area contributed by atoms with Gasteiger partial charge in [-0.15, -0.1) is 0 Å². The number of benzene rings is 1. The highest BCUT2D eigenvalue weighted by atomic mass is 35.5. The van der Waals surface area contributed by atoms with E-state index in [0.717, 1.165) is 23.1 Å². The standard InChI is InChI=1S/C17H25BClNO4/c1-3-15(20)12-9-13-10(8-14(12)19)7-11(5-4-6-18(23)24)17(13,2)16(21)22/h8-9,11,15,23-24H,3-7,20H2,1-2H3,(H,21,22)/t11-,15+,17-/m0/s1. The number of fused-ring (bicyclic) bond motifs is 1. The summed E-state index contributed by atoms with van der Waals surface area (Å²) in [5.41, 5.74) is 7.63. The Balaban J connectivity index is 2.38. The Morgan fingerprint density at radius 3 is 2.71 bits per heavy atom. The van der Waals surface area contributed by atoms with E-state index in [0.29, 0.717) is 24.3 Å². The number of carboxylic acid groups (broad SMARTS) is 1. The average molecular weight is 354 g/mol. The topological polar surface area (TPSA) is 104 Å². The van der Waals surface area contributed by atoms with Crippen LogP contribution in [0.2, 0.25) is 11.3 Å². The normalized spacial score (nSPS) is 23.8. The zero-order valence-corrected chi connectivity index (χ0v) is 14.9. The fourth-order valence-electron chi connectivity index (χ4n) is 3.70. The number of hydrogen-bond acceptors (Lipinski definition) is 4. The maximum absolute atomic E-state index is 12.1. The van der Waals surface area contributed by atoms with Crippen molar-refractivity contribution in [1.82, 2.24) is 0 Å². The first kappa shape index (κ1) is 19.3. The molecule has 3 atom stereocenters. The van der Waals surface area contributed by atoms with Crippen molar-refractivity contribution >= 4 is 24.7 Å². The van der Waals surface area contributed by atoms with Gasteiger partial charge in [0.1, 0.15) is 0 Å². The summed E-state index contributed by atoms with van der Waals surface area (Å²) in [5, 5.41) is 28.5. The van der Waals surface area contributed by atoms with E-state index < -0.39 is 18.5 Å². The first-order chi connectivity index (χ1) is 11.2. The zero-order chi connectivity index (χ0) is 18.1. The molecular weight excluding hydrogens is 328 g/mol. The van der Waals surface area contributed by atoms with Gasteiger partial charge in [-0.3, -0.25) is 4.79 Å². The lowest BCUT2D eigenvalue weighted by atomic mass is 9.72. The Kier molecular flexibility index (Phi) is 5.97. The summed E-state index contributed by atoms with van der Waals surface area (Å²) in [6.45, 7) is 3.71. The molecule has 1 aliphatic rings. The van der Waals surface area contributed by atoms with E-state index in [1.165, 1.54) is 0 Å². The van der Waals surface area contributed by atoms with E-state index in [-0.39, 0.29) is 18.3 Å². The van der Waals surface area contributed by atoms with Gasteiger partial charge in [0, 0.05) is 11.1 Å².